The van der Waals surface area contributed by atoms with Crippen molar-refractivity contribution < 1.29 is 4.79 Å². The lowest BCUT2D eigenvalue weighted by Crippen LogP contribution is -2.39. The highest BCUT2D eigenvalue weighted by atomic mass is 16.1. The predicted octanol–water partition coefficient (Wildman–Crippen LogP) is 0.950. The lowest BCUT2D eigenvalue weighted by atomic mass is 9.93. The minimum absolute atomic E-state index is 0.502. The Labute approximate surface area is 61.0 Å². The Morgan fingerprint density at radius 3 is 2.00 bits per heavy atom. The molecule has 0 radical (unpaired) electrons. The van der Waals surface area contributed by atoms with Gasteiger partial charge in [-0.3, -0.25) is 9.64 Å². The highest BCUT2D eigenvalue weighted by Gasteiger charge is 2.39. The van der Waals surface area contributed by atoms with Gasteiger partial charge in [-0.05, 0) is 0 Å². The summed E-state index contributed by atoms with van der Waals surface area (Å²) in [6.07, 6.45) is 1.00. The summed E-state index contributed by atoms with van der Waals surface area (Å²) in [6, 6.07) is 0. The van der Waals surface area contributed by atoms with E-state index in [1.807, 2.05) is 0 Å². The third-order valence-electron chi connectivity index (χ3n) is 1.84. The average molecular weight is 140 g/mol. The molecule has 2 N–H and O–H groups in total. The third kappa shape index (κ3) is 1.27. The van der Waals surface area contributed by atoms with Crippen molar-refractivity contribution in [2.75, 3.05) is 0 Å². The number of nitrogens with zero attached hydrogens (tertiary/aromatic N) is 1. The Morgan fingerprint density at radius 1 is 1.60 bits per heavy atom. The molecule has 56 valence electrons. The number of carbonyl (C=O) groups is 1. The molecule has 0 aliphatic heterocycles. The number of hydrogen-bond donors (Lipinski definition) is 1. The first-order valence-electron chi connectivity index (χ1n) is 3.31. The van der Waals surface area contributed by atoms with E-state index >= 15 is 0 Å². The minimum atomic E-state index is -0.944. The third-order valence-corrected chi connectivity index (χ3v) is 1.84. The summed E-state index contributed by atoms with van der Waals surface area (Å²) in [6.45, 7) is 10.4. The van der Waals surface area contributed by atoms with Crippen LogP contribution in [0.15, 0.2) is 0 Å². The highest BCUT2D eigenvalue weighted by Crippen LogP contribution is 2.19. The fourth-order valence-corrected chi connectivity index (χ4v) is 0.812. The van der Waals surface area contributed by atoms with Gasteiger partial charge in [0.05, 0.1) is 0 Å². The molecule has 0 fully saturated rings. The molecule has 0 unspecified atom stereocenters. The van der Waals surface area contributed by atoms with E-state index in [0.29, 0.717) is 12.8 Å². The van der Waals surface area contributed by atoms with Crippen molar-refractivity contribution in [1.82, 2.24) is 0 Å². The van der Waals surface area contributed by atoms with E-state index in [9.17, 15) is 4.79 Å². The van der Waals surface area contributed by atoms with Gasteiger partial charge >= 0.3 is 11.4 Å². The fourth-order valence-electron chi connectivity index (χ4n) is 0.812. The van der Waals surface area contributed by atoms with E-state index < -0.39 is 11.4 Å². The van der Waals surface area contributed by atoms with E-state index in [-0.39, 0.29) is 0 Å². The van der Waals surface area contributed by atoms with Crippen LogP contribution in [0.2, 0.25) is 0 Å². The van der Waals surface area contributed by atoms with Crippen molar-refractivity contribution in [3.8, 4) is 0 Å². The van der Waals surface area contributed by atoms with Crippen molar-refractivity contribution in [2.45, 2.75) is 32.2 Å². The maximum Gasteiger partial charge on any atom is 0.308 e. The highest BCUT2D eigenvalue weighted by molar-refractivity contribution is 5.86. The van der Waals surface area contributed by atoms with E-state index in [2.05, 4.69) is 4.85 Å². The second kappa shape index (κ2) is 3.21. The molecule has 0 spiro atoms. The van der Waals surface area contributed by atoms with Crippen molar-refractivity contribution >= 4 is 5.91 Å². The second-order valence-corrected chi connectivity index (χ2v) is 2.21. The monoisotopic (exact) mass is 140 g/mol. The normalized spacial score (nSPS) is 10.5. The predicted molar refractivity (Wildman–Crippen MR) is 39.1 cm³/mol. The van der Waals surface area contributed by atoms with Crippen LogP contribution in [0.4, 0.5) is 0 Å². The molecule has 10 heavy (non-hydrogen) atoms. The molecule has 0 saturated heterocycles. The molecule has 3 nitrogen and oxygen atoms in total. The Hall–Kier alpha value is -1.04. The Bertz CT molecular complexity index is 165. The smallest absolute Gasteiger partial charge is 0.308 e. The summed E-state index contributed by atoms with van der Waals surface area (Å²) in [4.78, 5) is 14.0. The van der Waals surface area contributed by atoms with Crippen LogP contribution < -0.4 is 5.73 Å². The minimum Gasteiger partial charge on any atom is -0.363 e. The number of carbonyl (C=O) groups excluding carboxylic acids is 1. The first kappa shape index (κ1) is 8.96. The van der Waals surface area contributed by atoms with Crippen LogP contribution >= 0.6 is 0 Å². The van der Waals surface area contributed by atoms with E-state index in [4.69, 9.17) is 12.3 Å². The molecule has 0 atom stereocenters. The number of hydrogen-bond acceptors (Lipinski definition) is 1. The van der Waals surface area contributed by atoms with Gasteiger partial charge < -0.3 is 5.73 Å². The molecule has 0 aromatic rings. The molecular formula is C7H12N2O. The summed E-state index contributed by atoms with van der Waals surface area (Å²) in [5.74, 6) is -0.507. The van der Waals surface area contributed by atoms with Crippen LogP contribution in [-0.4, -0.2) is 11.4 Å². The Kier molecular flexibility index (Phi) is 2.88. The van der Waals surface area contributed by atoms with E-state index in [1.165, 1.54) is 0 Å². The summed E-state index contributed by atoms with van der Waals surface area (Å²) in [5, 5.41) is 0. The largest absolute Gasteiger partial charge is 0.363 e. The fraction of sp³-hybridized carbons (Fsp3) is 0.714. The van der Waals surface area contributed by atoms with Gasteiger partial charge in [0.15, 0.2) is 0 Å². The summed E-state index contributed by atoms with van der Waals surface area (Å²) < 4.78 is 0. The molecule has 1 amide bonds. The first-order chi connectivity index (χ1) is 4.63. The van der Waals surface area contributed by atoms with Crippen LogP contribution in [0, 0.1) is 6.57 Å². The van der Waals surface area contributed by atoms with Crippen molar-refractivity contribution in [1.29, 1.82) is 0 Å². The van der Waals surface area contributed by atoms with Crippen molar-refractivity contribution in [2.24, 2.45) is 5.73 Å². The van der Waals surface area contributed by atoms with Gasteiger partial charge in [0.2, 0.25) is 0 Å². The van der Waals surface area contributed by atoms with Gasteiger partial charge in [-0.1, -0.05) is 13.8 Å². The molecule has 0 saturated carbocycles. The quantitative estimate of drug-likeness (QED) is 0.583. The molecular weight excluding hydrogens is 128 g/mol. The number of primary amides is 1. The van der Waals surface area contributed by atoms with Gasteiger partial charge in [0.25, 0.3) is 0 Å². The van der Waals surface area contributed by atoms with Gasteiger partial charge in [-0.25, -0.2) is 6.57 Å². The standard InChI is InChI=1S/C7H12N2O/c1-4-7(5-2,9-3)6(8)10/h4-5H2,1-2H3,(H2,8,10). The van der Waals surface area contributed by atoms with Gasteiger partial charge in [0.1, 0.15) is 0 Å². The zero-order valence-electron chi connectivity index (χ0n) is 6.35. The molecule has 0 aromatic heterocycles. The molecule has 0 bridgehead atoms. The van der Waals surface area contributed by atoms with Crippen LogP contribution in [0.25, 0.3) is 4.85 Å². The van der Waals surface area contributed by atoms with Crippen LogP contribution in [0.1, 0.15) is 26.7 Å². The summed E-state index contributed by atoms with van der Waals surface area (Å²) in [5.41, 5.74) is 4.11. The van der Waals surface area contributed by atoms with Crippen LogP contribution in [-0.2, 0) is 4.79 Å². The van der Waals surface area contributed by atoms with Crippen LogP contribution in [0.3, 0.4) is 0 Å². The van der Waals surface area contributed by atoms with Gasteiger partial charge in [-0.15, -0.1) is 0 Å². The second-order valence-electron chi connectivity index (χ2n) is 2.21. The lowest BCUT2D eigenvalue weighted by Gasteiger charge is -2.12. The maximum absolute atomic E-state index is 10.7. The van der Waals surface area contributed by atoms with Crippen LogP contribution in [0.5, 0.6) is 0 Å². The Morgan fingerprint density at radius 2 is 2.00 bits per heavy atom. The Balaban J connectivity index is 4.52. The maximum atomic E-state index is 10.7. The summed E-state index contributed by atoms with van der Waals surface area (Å²) >= 11 is 0. The SMILES string of the molecule is [C-]#[N+]C(CC)(CC)C(N)=O. The van der Waals surface area contributed by atoms with Gasteiger partial charge in [-0.2, -0.15) is 0 Å². The molecule has 0 aliphatic carbocycles. The first-order valence-corrected chi connectivity index (χ1v) is 3.31. The number of rotatable bonds is 3. The number of amides is 1. The topological polar surface area (TPSA) is 47.5 Å². The van der Waals surface area contributed by atoms with E-state index in [0.717, 1.165) is 0 Å². The number of nitrogens with two attached hydrogens (primary N) is 1. The lowest BCUT2D eigenvalue weighted by molar-refractivity contribution is -0.121. The molecule has 0 heterocycles. The molecule has 0 aromatic carbocycles. The zero-order chi connectivity index (χ0) is 8.20. The van der Waals surface area contributed by atoms with Crippen molar-refractivity contribution in [3.05, 3.63) is 11.4 Å². The molecule has 0 rings (SSSR count). The zero-order valence-corrected chi connectivity index (χ0v) is 6.35. The van der Waals surface area contributed by atoms with Crippen molar-refractivity contribution in [3.63, 3.8) is 0 Å². The summed E-state index contributed by atoms with van der Waals surface area (Å²) in [7, 11) is 0. The van der Waals surface area contributed by atoms with E-state index in [1.54, 1.807) is 13.8 Å². The van der Waals surface area contributed by atoms with Gasteiger partial charge in [0, 0.05) is 12.8 Å². The average Bonchev–Trinajstić information content (AvgIpc) is 1.92. The molecule has 3 heteroatoms. The molecule has 0 aliphatic rings.